The Labute approximate surface area is 111 Å². The zero-order chi connectivity index (χ0) is 11.5. The first-order chi connectivity index (χ1) is 7.16. The maximum absolute atomic E-state index is 4.71. The summed E-state index contributed by atoms with van der Waals surface area (Å²) in [6.07, 6.45) is 2.80. The molecule has 80 valence electrons. The molecule has 1 rings (SSSR count). The molecular formula is C11H17NS2Zn. The quantitative estimate of drug-likeness (QED) is 0.386. The predicted molar refractivity (Wildman–Crippen MR) is 71.6 cm³/mol. The van der Waals surface area contributed by atoms with Crippen LogP contribution in [0, 0.1) is 0 Å². The minimum absolute atomic E-state index is 0.194. The fraction of sp³-hybridized carbons (Fsp3) is 0.364. The molecule has 0 aliphatic rings. The number of rotatable bonds is 4. The molecule has 0 aliphatic heterocycles. The molecule has 0 aliphatic carbocycles. The van der Waals surface area contributed by atoms with E-state index in [1.807, 2.05) is 0 Å². The van der Waals surface area contributed by atoms with Crippen LogP contribution in [0.3, 0.4) is 0 Å². The normalized spacial score (nSPS) is 8.40. The van der Waals surface area contributed by atoms with Crippen LogP contribution in [0.5, 0.6) is 0 Å². The SMILES string of the molecule is CCC[CH2][Zn][c]1ccccc1.NC(=S)S. The Bertz CT molecular complexity index is 261. The molecule has 0 spiro atoms. The van der Waals surface area contributed by atoms with Gasteiger partial charge < -0.3 is 5.73 Å². The molecule has 0 bridgehead atoms. The fourth-order valence-corrected chi connectivity index (χ4v) is 4.92. The van der Waals surface area contributed by atoms with E-state index in [2.05, 4.69) is 62.1 Å². The van der Waals surface area contributed by atoms with Gasteiger partial charge in [0.05, 0.1) is 0 Å². The maximum atomic E-state index is 4.71. The van der Waals surface area contributed by atoms with Crippen molar-refractivity contribution in [2.24, 2.45) is 5.73 Å². The van der Waals surface area contributed by atoms with Crippen LogP contribution >= 0.6 is 24.8 Å². The molecule has 0 heterocycles. The Morgan fingerprint density at radius 2 is 1.93 bits per heavy atom. The van der Waals surface area contributed by atoms with Gasteiger partial charge in [0.15, 0.2) is 0 Å². The van der Waals surface area contributed by atoms with Gasteiger partial charge >= 0.3 is 76.4 Å². The topological polar surface area (TPSA) is 26.0 Å². The van der Waals surface area contributed by atoms with Gasteiger partial charge in [-0.2, -0.15) is 0 Å². The molecule has 0 saturated carbocycles. The Morgan fingerprint density at radius 1 is 1.40 bits per heavy atom. The van der Waals surface area contributed by atoms with E-state index in [4.69, 9.17) is 5.73 Å². The molecule has 15 heavy (non-hydrogen) atoms. The molecule has 1 aromatic carbocycles. The molecule has 0 unspecified atom stereocenters. The third-order valence-electron chi connectivity index (χ3n) is 1.91. The zero-order valence-corrected chi connectivity index (χ0v) is 13.8. The molecule has 4 heteroatoms. The Kier molecular flexibility index (Phi) is 10.7. The van der Waals surface area contributed by atoms with E-state index >= 15 is 0 Å². The molecule has 0 fully saturated rings. The summed E-state index contributed by atoms with van der Waals surface area (Å²) >= 11 is 7.32. The summed E-state index contributed by atoms with van der Waals surface area (Å²) in [6, 6.07) is 11.0. The molecule has 0 amide bonds. The molecule has 0 radical (unpaired) electrons. The first kappa shape index (κ1) is 15.1. The van der Waals surface area contributed by atoms with Gasteiger partial charge in [0, 0.05) is 0 Å². The van der Waals surface area contributed by atoms with E-state index in [1.165, 1.54) is 17.9 Å². The van der Waals surface area contributed by atoms with Crippen LogP contribution in [0.2, 0.25) is 5.02 Å². The predicted octanol–water partition coefficient (Wildman–Crippen LogP) is 2.77. The minimum Gasteiger partial charge on any atom is -0.385 e. The van der Waals surface area contributed by atoms with Crippen molar-refractivity contribution in [2.75, 3.05) is 0 Å². The first-order valence-corrected chi connectivity index (χ1v) is 9.62. The van der Waals surface area contributed by atoms with Gasteiger partial charge in [-0.05, 0) is 0 Å². The van der Waals surface area contributed by atoms with Crippen molar-refractivity contribution in [1.29, 1.82) is 0 Å². The van der Waals surface area contributed by atoms with Crippen molar-refractivity contribution >= 4 is 33.3 Å². The number of thiol groups is 1. The number of unbranched alkanes of at least 4 members (excludes halogenated alkanes) is 1. The molecule has 0 atom stereocenters. The average molecular weight is 293 g/mol. The monoisotopic (exact) mass is 291 g/mol. The summed E-state index contributed by atoms with van der Waals surface area (Å²) in [6.45, 7) is 2.27. The second-order valence-electron chi connectivity index (χ2n) is 3.28. The second-order valence-corrected chi connectivity index (χ2v) is 8.75. The molecule has 0 aromatic heterocycles. The van der Waals surface area contributed by atoms with Crippen molar-refractivity contribution in [2.45, 2.75) is 24.8 Å². The van der Waals surface area contributed by atoms with Crippen LogP contribution < -0.4 is 9.89 Å². The number of nitrogens with two attached hydrogens (primary N) is 1. The Morgan fingerprint density at radius 3 is 2.40 bits per heavy atom. The summed E-state index contributed by atoms with van der Waals surface area (Å²) in [5.41, 5.74) is 4.71. The van der Waals surface area contributed by atoms with Crippen LogP contribution in [0.25, 0.3) is 0 Å². The van der Waals surface area contributed by atoms with E-state index in [0.29, 0.717) is 0 Å². The summed E-state index contributed by atoms with van der Waals surface area (Å²) in [4.78, 5) is 0. The van der Waals surface area contributed by atoms with Crippen molar-refractivity contribution < 1.29 is 17.1 Å². The van der Waals surface area contributed by atoms with Crippen molar-refractivity contribution in [1.82, 2.24) is 0 Å². The smallest absolute Gasteiger partial charge is 0.128 e. The first-order valence-electron chi connectivity index (χ1n) is 5.19. The van der Waals surface area contributed by atoms with Gasteiger partial charge in [-0.1, -0.05) is 12.2 Å². The van der Waals surface area contributed by atoms with E-state index < -0.39 is 0 Å². The van der Waals surface area contributed by atoms with Gasteiger partial charge in [0.1, 0.15) is 4.32 Å². The molecule has 2 N–H and O–H groups in total. The second kappa shape index (κ2) is 10.6. The fourth-order valence-electron chi connectivity index (χ4n) is 1.22. The van der Waals surface area contributed by atoms with Gasteiger partial charge in [-0.25, -0.2) is 0 Å². The van der Waals surface area contributed by atoms with Gasteiger partial charge in [-0.15, -0.1) is 12.6 Å². The van der Waals surface area contributed by atoms with Gasteiger partial charge in [0.2, 0.25) is 0 Å². The summed E-state index contributed by atoms with van der Waals surface area (Å²) in [5.74, 6) is 0. The van der Waals surface area contributed by atoms with Crippen LogP contribution in [0.15, 0.2) is 30.3 Å². The van der Waals surface area contributed by atoms with E-state index in [1.54, 1.807) is 4.16 Å². The van der Waals surface area contributed by atoms with Crippen molar-refractivity contribution in [3.8, 4) is 0 Å². The summed E-state index contributed by atoms with van der Waals surface area (Å²) in [5, 5.41) is 1.52. The van der Waals surface area contributed by atoms with Gasteiger partial charge in [-0.3, -0.25) is 0 Å². The van der Waals surface area contributed by atoms with Crippen LogP contribution in [0.4, 0.5) is 0 Å². The largest absolute Gasteiger partial charge is 0.385 e. The van der Waals surface area contributed by atoms with Crippen LogP contribution in [-0.2, 0) is 17.1 Å². The molecular weight excluding hydrogens is 276 g/mol. The molecule has 1 aromatic rings. The third-order valence-corrected chi connectivity index (χ3v) is 5.90. The minimum atomic E-state index is -0.331. The van der Waals surface area contributed by atoms with E-state index in [9.17, 15) is 0 Å². The third kappa shape index (κ3) is 12.0. The zero-order valence-electron chi connectivity index (χ0n) is 9.15. The van der Waals surface area contributed by atoms with E-state index in [0.717, 1.165) is 0 Å². The number of hydrogen-bond acceptors (Lipinski definition) is 1. The maximum Gasteiger partial charge on any atom is 0.128 e. The molecule has 0 saturated heterocycles. The summed E-state index contributed by atoms with van der Waals surface area (Å²) < 4.78 is 1.86. The standard InChI is InChI=1S/C6H5.C4H9.CH3NS2.Zn/c1-2-4-6-5-3-1;1-3-4-2;2-1(3)4;/h1-5H;1,3-4H2,2H3;(H3,2,3,4);. The average Bonchev–Trinajstić information content (AvgIpc) is 2.19. The number of benzene rings is 1. The summed E-state index contributed by atoms with van der Waals surface area (Å²) in [7, 11) is 0. The Balaban J connectivity index is 0.000000423. The Hall–Kier alpha value is 0.0834. The number of thiocarbonyl (C=S) groups is 1. The number of hydrogen-bond donors (Lipinski definition) is 2. The van der Waals surface area contributed by atoms with Crippen molar-refractivity contribution in [3.63, 3.8) is 0 Å². The van der Waals surface area contributed by atoms with Crippen molar-refractivity contribution in [3.05, 3.63) is 30.3 Å². The van der Waals surface area contributed by atoms with Crippen LogP contribution in [0.1, 0.15) is 19.8 Å². The van der Waals surface area contributed by atoms with Gasteiger partial charge in [0.25, 0.3) is 0 Å². The van der Waals surface area contributed by atoms with Crippen LogP contribution in [-0.4, -0.2) is 4.32 Å². The van der Waals surface area contributed by atoms with E-state index in [-0.39, 0.29) is 21.4 Å². The molecule has 1 nitrogen and oxygen atoms in total.